The quantitative estimate of drug-likeness (QED) is 0.683. The predicted molar refractivity (Wildman–Crippen MR) is 106 cm³/mol. The Morgan fingerprint density at radius 2 is 1.81 bits per heavy atom. The van der Waals surface area contributed by atoms with Crippen LogP contribution in [-0.2, 0) is 13.6 Å². The van der Waals surface area contributed by atoms with E-state index in [4.69, 9.17) is 11.6 Å². The molecule has 3 aromatic rings. The van der Waals surface area contributed by atoms with Crippen molar-refractivity contribution in [2.75, 3.05) is 26.2 Å². The predicted octanol–water partition coefficient (Wildman–Crippen LogP) is 3.93. The number of aromatic nitrogens is 1. The Labute approximate surface area is 162 Å². The number of carbonyl (C=O) groups excluding carboxylic acids is 1. The summed E-state index contributed by atoms with van der Waals surface area (Å²) < 4.78 is 16.0. The summed E-state index contributed by atoms with van der Waals surface area (Å²) in [5, 5.41) is 1.43. The SMILES string of the molecule is Cn1cc(C(=O)N2CCN(Cc3c(F)cccc3Cl)CC2)c2ccccc21. The summed E-state index contributed by atoms with van der Waals surface area (Å²) in [6.07, 6.45) is 1.90. The highest BCUT2D eigenvalue weighted by molar-refractivity contribution is 6.31. The fourth-order valence-electron chi connectivity index (χ4n) is 3.70. The average Bonchev–Trinajstić information content (AvgIpc) is 3.02. The summed E-state index contributed by atoms with van der Waals surface area (Å²) in [4.78, 5) is 17.0. The van der Waals surface area contributed by atoms with Gasteiger partial charge in [0.15, 0.2) is 0 Å². The first kappa shape index (κ1) is 18.0. The highest BCUT2D eigenvalue weighted by Crippen LogP contribution is 2.24. The molecule has 1 saturated heterocycles. The van der Waals surface area contributed by atoms with E-state index in [1.54, 1.807) is 12.1 Å². The number of halogens is 2. The van der Waals surface area contributed by atoms with E-state index in [2.05, 4.69) is 4.90 Å². The van der Waals surface area contributed by atoms with Gasteiger partial charge in [0.25, 0.3) is 5.91 Å². The normalized spacial score (nSPS) is 15.4. The molecule has 1 aromatic heterocycles. The van der Waals surface area contributed by atoms with Gasteiger partial charge in [0.1, 0.15) is 5.82 Å². The van der Waals surface area contributed by atoms with E-state index in [9.17, 15) is 9.18 Å². The van der Waals surface area contributed by atoms with Crippen molar-refractivity contribution in [2.24, 2.45) is 7.05 Å². The summed E-state index contributed by atoms with van der Waals surface area (Å²) in [6.45, 7) is 3.09. The molecule has 1 fully saturated rings. The van der Waals surface area contributed by atoms with Crippen LogP contribution >= 0.6 is 11.6 Å². The van der Waals surface area contributed by atoms with Crippen LogP contribution in [0.5, 0.6) is 0 Å². The molecule has 0 N–H and O–H groups in total. The number of benzene rings is 2. The van der Waals surface area contributed by atoms with Crippen molar-refractivity contribution in [3.63, 3.8) is 0 Å². The van der Waals surface area contributed by atoms with Crippen molar-refractivity contribution >= 4 is 28.4 Å². The van der Waals surface area contributed by atoms with E-state index in [0.29, 0.717) is 43.3 Å². The molecule has 0 bridgehead atoms. The van der Waals surface area contributed by atoms with Gasteiger partial charge in [-0.25, -0.2) is 4.39 Å². The first-order chi connectivity index (χ1) is 13.0. The highest BCUT2D eigenvalue weighted by atomic mass is 35.5. The summed E-state index contributed by atoms with van der Waals surface area (Å²) in [5.74, 6) is -0.230. The lowest BCUT2D eigenvalue weighted by Crippen LogP contribution is -2.48. The minimum absolute atomic E-state index is 0.0513. The molecule has 0 spiro atoms. The van der Waals surface area contributed by atoms with Gasteiger partial charge in [0, 0.05) is 67.5 Å². The van der Waals surface area contributed by atoms with Crippen molar-refractivity contribution in [2.45, 2.75) is 6.54 Å². The Balaban J connectivity index is 1.45. The Bertz CT molecular complexity index is 972. The zero-order chi connectivity index (χ0) is 19.0. The van der Waals surface area contributed by atoms with Crippen molar-refractivity contribution in [1.82, 2.24) is 14.4 Å². The third-order valence-electron chi connectivity index (χ3n) is 5.23. The number of piperazine rings is 1. The second-order valence-corrected chi connectivity index (χ2v) is 7.35. The van der Waals surface area contributed by atoms with Crippen LogP contribution in [0.3, 0.4) is 0 Å². The van der Waals surface area contributed by atoms with E-state index in [0.717, 1.165) is 16.5 Å². The van der Waals surface area contributed by atoms with Crippen LogP contribution in [0.25, 0.3) is 10.9 Å². The molecule has 1 aliphatic heterocycles. The summed E-state index contributed by atoms with van der Waals surface area (Å²) in [5.41, 5.74) is 2.31. The summed E-state index contributed by atoms with van der Waals surface area (Å²) >= 11 is 6.13. The van der Waals surface area contributed by atoms with E-state index < -0.39 is 0 Å². The Hall–Kier alpha value is -2.37. The third kappa shape index (κ3) is 3.45. The maximum atomic E-state index is 14.0. The molecule has 6 heteroatoms. The fourth-order valence-corrected chi connectivity index (χ4v) is 3.92. The van der Waals surface area contributed by atoms with Crippen LogP contribution in [0.2, 0.25) is 5.02 Å². The average molecular weight is 386 g/mol. The maximum Gasteiger partial charge on any atom is 0.256 e. The second-order valence-electron chi connectivity index (χ2n) is 6.94. The summed E-state index contributed by atoms with van der Waals surface area (Å²) in [6, 6.07) is 12.7. The standard InChI is InChI=1S/C21H21ClFN3O/c1-24-13-16(15-5-2-3-8-20(15)24)21(27)26-11-9-25(10-12-26)14-17-18(22)6-4-7-19(17)23/h2-8,13H,9-12,14H2,1H3. The molecular formula is C21H21ClFN3O. The molecule has 4 nitrogen and oxygen atoms in total. The molecule has 27 heavy (non-hydrogen) atoms. The van der Waals surface area contributed by atoms with Crippen LogP contribution in [-0.4, -0.2) is 46.5 Å². The number of rotatable bonds is 3. The van der Waals surface area contributed by atoms with Gasteiger partial charge in [0.2, 0.25) is 0 Å². The smallest absolute Gasteiger partial charge is 0.256 e. The molecule has 0 saturated carbocycles. The monoisotopic (exact) mass is 385 g/mol. The first-order valence-corrected chi connectivity index (χ1v) is 9.41. The van der Waals surface area contributed by atoms with E-state index in [1.165, 1.54) is 6.07 Å². The third-order valence-corrected chi connectivity index (χ3v) is 5.58. The number of aryl methyl sites for hydroxylation is 1. The van der Waals surface area contributed by atoms with Crippen LogP contribution < -0.4 is 0 Å². The van der Waals surface area contributed by atoms with Crippen molar-refractivity contribution < 1.29 is 9.18 Å². The van der Waals surface area contributed by atoms with Crippen molar-refractivity contribution in [3.05, 3.63) is 70.6 Å². The number of carbonyl (C=O) groups is 1. The molecule has 2 aromatic carbocycles. The lowest BCUT2D eigenvalue weighted by molar-refractivity contribution is 0.0629. The molecule has 140 valence electrons. The number of amides is 1. The minimum atomic E-state index is -0.281. The van der Waals surface area contributed by atoms with Crippen molar-refractivity contribution in [1.29, 1.82) is 0 Å². The van der Waals surface area contributed by atoms with E-state index in [1.807, 2.05) is 47.0 Å². The number of fused-ring (bicyclic) bond motifs is 1. The highest BCUT2D eigenvalue weighted by Gasteiger charge is 2.25. The maximum absolute atomic E-state index is 14.0. The van der Waals surface area contributed by atoms with Gasteiger partial charge in [0.05, 0.1) is 5.56 Å². The molecule has 1 amide bonds. The second kappa shape index (κ2) is 7.33. The van der Waals surface area contributed by atoms with Gasteiger partial charge in [-0.3, -0.25) is 9.69 Å². The van der Waals surface area contributed by atoms with Crippen LogP contribution in [0.1, 0.15) is 15.9 Å². The van der Waals surface area contributed by atoms with Gasteiger partial charge < -0.3 is 9.47 Å². The van der Waals surface area contributed by atoms with Gasteiger partial charge in [-0.2, -0.15) is 0 Å². The fraction of sp³-hybridized carbons (Fsp3) is 0.286. The van der Waals surface area contributed by atoms with Gasteiger partial charge >= 0.3 is 0 Å². The zero-order valence-corrected chi connectivity index (χ0v) is 15.9. The Morgan fingerprint density at radius 1 is 1.07 bits per heavy atom. The lowest BCUT2D eigenvalue weighted by atomic mass is 10.1. The molecule has 1 aliphatic rings. The number of nitrogens with zero attached hydrogens (tertiary/aromatic N) is 3. The molecule has 0 atom stereocenters. The van der Waals surface area contributed by atoms with Crippen molar-refractivity contribution in [3.8, 4) is 0 Å². The van der Waals surface area contributed by atoms with Crippen LogP contribution in [0.15, 0.2) is 48.7 Å². The summed E-state index contributed by atoms with van der Waals surface area (Å²) in [7, 11) is 1.95. The Morgan fingerprint density at radius 3 is 2.56 bits per heavy atom. The Kier molecular flexibility index (Phi) is 4.89. The zero-order valence-electron chi connectivity index (χ0n) is 15.2. The molecule has 4 rings (SSSR count). The molecule has 0 aliphatic carbocycles. The van der Waals surface area contributed by atoms with Gasteiger partial charge in [-0.05, 0) is 18.2 Å². The number of hydrogen-bond donors (Lipinski definition) is 0. The lowest BCUT2D eigenvalue weighted by Gasteiger charge is -2.34. The molecule has 0 unspecified atom stereocenters. The molecule has 2 heterocycles. The van der Waals surface area contributed by atoms with Gasteiger partial charge in [-0.1, -0.05) is 35.9 Å². The number of para-hydroxylation sites is 1. The first-order valence-electron chi connectivity index (χ1n) is 9.03. The molecular weight excluding hydrogens is 365 g/mol. The van der Waals surface area contributed by atoms with Gasteiger partial charge in [-0.15, -0.1) is 0 Å². The van der Waals surface area contributed by atoms with E-state index in [-0.39, 0.29) is 11.7 Å². The van der Waals surface area contributed by atoms with Crippen LogP contribution in [0, 0.1) is 5.82 Å². The minimum Gasteiger partial charge on any atom is -0.350 e. The number of hydrogen-bond acceptors (Lipinski definition) is 2. The van der Waals surface area contributed by atoms with Crippen LogP contribution in [0.4, 0.5) is 4.39 Å². The molecule has 0 radical (unpaired) electrons. The van der Waals surface area contributed by atoms with E-state index >= 15 is 0 Å². The largest absolute Gasteiger partial charge is 0.350 e. The topological polar surface area (TPSA) is 28.5 Å².